The lowest BCUT2D eigenvalue weighted by Gasteiger charge is -1.97. The van der Waals surface area contributed by atoms with Crippen LogP contribution >= 0.6 is 0 Å². The van der Waals surface area contributed by atoms with Crippen LogP contribution in [0.5, 0.6) is 0 Å². The van der Waals surface area contributed by atoms with Crippen molar-refractivity contribution < 1.29 is 4.39 Å². The van der Waals surface area contributed by atoms with Crippen LogP contribution in [-0.2, 0) is 0 Å². The number of rotatable bonds is 3. The van der Waals surface area contributed by atoms with E-state index in [2.05, 4.69) is 16.7 Å². The molecule has 5 heteroatoms. The zero-order valence-electron chi connectivity index (χ0n) is 6.66. The predicted octanol–water partition coefficient (Wildman–Crippen LogP) is 0.767. The third-order valence-corrected chi connectivity index (χ3v) is 1.01. The van der Waals surface area contributed by atoms with Crippen molar-refractivity contribution in [1.82, 2.24) is 0 Å². The van der Waals surface area contributed by atoms with Gasteiger partial charge in [-0.2, -0.15) is 9.65 Å². The van der Waals surface area contributed by atoms with Crippen molar-refractivity contribution >= 4 is 12.4 Å². The van der Waals surface area contributed by atoms with Crippen molar-refractivity contribution in [3.63, 3.8) is 0 Å². The molecule has 2 N–H and O–H groups in total. The highest BCUT2D eigenvalue weighted by atomic mass is 19.1. The average Bonchev–Trinajstić information content (AvgIpc) is 2.04. The molecule has 0 rings (SSSR count). The second-order valence-corrected chi connectivity index (χ2v) is 2.02. The molecule has 0 aromatic rings. The minimum absolute atomic E-state index is 0.0498. The Bertz CT molecular complexity index is 259. The molecule has 0 heterocycles. The Labute approximate surface area is 69.9 Å². The van der Waals surface area contributed by atoms with Gasteiger partial charge in [-0.15, -0.1) is 0 Å². The Morgan fingerprint density at radius 3 is 2.75 bits per heavy atom. The van der Waals surface area contributed by atoms with Crippen LogP contribution in [0, 0.1) is 11.3 Å². The quantitative estimate of drug-likeness (QED) is 0.499. The highest BCUT2D eigenvalue weighted by Crippen LogP contribution is 1.96. The molecule has 0 saturated carbocycles. The molecule has 0 aliphatic carbocycles. The molecule has 0 bridgehead atoms. The summed E-state index contributed by atoms with van der Waals surface area (Å²) in [6.45, 7) is 4.51. The third kappa shape index (κ3) is 3.58. The van der Waals surface area contributed by atoms with Gasteiger partial charge in [-0.05, 0) is 13.6 Å². The van der Waals surface area contributed by atoms with E-state index in [9.17, 15) is 4.39 Å². The van der Waals surface area contributed by atoms with Crippen LogP contribution in [0.25, 0.3) is 0 Å². The van der Waals surface area contributed by atoms with E-state index in [-0.39, 0.29) is 5.71 Å². The molecule has 12 heavy (non-hydrogen) atoms. The van der Waals surface area contributed by atoms with Gasteiger partial charge < -0.3 is 5.73 Å². The summed E-state index contributed by atoms with van der Waals surface area (Å²) in [7, 11) is 0. The van der Waals surface area contributed by atoms with Crippen LogP contribution in [0.15, 0.2) is 22.1 Å². The van der Waals surface area contributed by atoms with Gasteiger partial charge in [0.25, 0.3) is 0 Å². The van der Waals surface area contributed by atoms with Crippen molar-refractivity contribution in [1.29, 1.82) is 5.26 Å². The summed E-state index contributed by atoms with van der Waals surface area (Å²) in [6.07, 6.45) is 0.801. The minimum Gasteiger partial charge on any atom is -0.322 e. The fourth-order valence-corrected chi connectivity index (χ4v) is 0.412. The third-order valence-electron chi connectivity index (χ3n) is 1.01. The summed E-state index contributed by atoms with van der Waals surface area (Å²) in [6, 6.07) is 1.22. The van der Waals surface area contributed by atoms with Gasteiger partial charge in [0.2, 0.25) is 5.95 Å². The lowest BCUT2D eigenvalue weighted by atomic mass is 10.2. The van der Waals surface area contributed by atoms with Gasteiger partial charge in [0, 0.05) is 0 Å². The fraction of sp³-hybridized carbons (Fsp3) is 0.286. The summed E-state index contributed by atoms with van der Waals surface area (Å²) in [5, 5.41) is 8.42. The SMILES string of the molecule is C=N/C(F)=C\N=C(C#N)C(C)N. The van der Waals surface area contributed by atoms with Crippen LogP contribution in [0.2, 0.25) is 0 Å². The van der Waals surface area contributed by atoms with Crippen LogP contribution in [0.1, 0.15) is 6.92 Å². The molecule has 0 fully saturated rings. The van der Waals surface area contributed by atoms with E-state index in [0.29, 0.717) is 0 Å². The molecule has 0 spiro atoms. The molecule has 0 saturated heterocycles. The highest BCUT2D eigenvalue weighted by Gasteiger charge is 2.01. The fourth-order valence-electron chi connectivity index (χ4n) is 0.412. The van der Waals surface area contributed by atoms with Gasteiger partial charge in [0.1, 0.15) is 11.8 Å². The lowest BCUT2D eigenvalue weighted by Crippen LogP contribution is -2.25. The van der Waals surface area contributed by atoms with Gasteiger partial charge in [-0.1, -0.05) is 0 Å². The van der Waals surface area contributed by atoms with E-state index in [4.69, 9.17) is 11.0 Å². The molecule has 0 aliphatic rings. The van der Waals surface area contributed by atoms with Crippen molar-refractivity contribution in [2.75, 3.05) is 0 Å². The Hall–Kier alpha value is -1.54. The number of aliphatic imine (C=N–C) groups is 2. The maximum Gasteiger partial charge on any atom is 0.230 e. The number of nitriles is 1. The lowest BCUT2D eigenvalue weighted by molar-refractivity contribution is 0.627. The van der Waals surface area contributed by atoms with Crippen molar-refractivity contribution in [3.8, 4) is 6.07 Å². The molecule has 1 unspecified atom stereocenters. The van der Waals surface area contributed by atoms with Crippen molar-refractivity contribution in [2.24, 2.45) is 15.7 Å². The normalized spacial score (nSPS) is 15.2. The summed E-state index contributed by atoms with van der Waals surface area (Å²) in [5.41, 5.74) is 5.37. The van der Waals surface area contributed by atoms with Crippen molar-refractivity contribution in [3.05, 3.63) is 12.2 Å². The molecule has 0 aliphatic heterocycles. The molecular weight excluding hydrogens is 159 g/mol. The van der Waals surface area contributed by atoms with Gasteiger partial charge in [-0.25, -0.2) is 9.98 Å². The molecule has 64 valence electrons. The second kappa shape index (κ2) is 5.16. The Balaban J connectivity index is 4.54. The molecule has 0 aromatic carbocycles. The first-order valence-corrected chi connectivity index (χ1v) is 3.17. The molecule has 0 amide bonds. The molecule has 0 radical (unpaired) electrons. The molecule has 4 nitrogen and oxygen atoms in total. The zero-order valence-corrected chi connectivity index (χ0v) is 6.66. The predicted molar refractivity (Wildman–Crippen MR) is 45.4 cm³/mol. The first-order chi connectivity index (χ1) is 5.61. The summed E-state index contributed by atoms with van der Waals surface area (Å²) >= 11 is 0. The summed E-state index contributed by atoms with van der Waals surface area (Å²) in [4.78, 5) is 6.41. The topological polar surface area (TPSA) is 74.5 Å². The first kappa shape index (κ1) is 10.5. The Kier molecular flexibility index (Phi) is 4.49. The highest BCUT2D eigenvalue weighted by molar-refractivity contribution is 6.02. The van der Waals surface area contributed by atoms with Gasteiger partial charge in [0.05, 0.1) is 12.2 Å². The van der Waals surface area contributed by atoms with E-state index in [0.717, 1.165) is 6.20 Å². The van der Waals surface area contributed by atoms with Crippen LogP contribution in [0.4, 0.5) is 4.39 Å². The van der Waals surface area contributed by atoms with Gasteiger partial charge in [0.15, 0.2) is 0 Å². The standard InChI is InChI=1S/C7H9FN4/c1-5(10)6(3-9)12-4-7(8)11-2/h4-5H,2,10H2,1H3/b7-4-,12-6?. The Morgan fingerprint density at radius 2 is 2.42 bits per heavy atom. The maximum atomic E-state index is 12.3. The first-order valence-electron chi connectivity index (χ1n) is 3.17. The maximum absolute atomic E-state index is 12.3. The van der Waals surface area contributed by atoms with E-state index in [1.165, 1.54) is 0 Å². The van der Waals surface area contributed by atoms with E-state index >= 15 is 0 Å². The van der Waals surface area contributed by atoms with Gasteiger partial charge >= 0.3 is 0 Å². The molecule has 0 aromatic heterocycles. The number of nitrogens with two attached hydrogens (primary N) is 1. The number of hydrogen-bond acceptors (Lipinski definition) is 4. The number of nitrogens with zero attached hydrogens (tertiary/aromatic N) is 3. The number of halogens is 1. The van der Waals surface area contributed by atoms with E-state index in [1.54, 1.807) is 13.0 Å². The van der Waals surface area contributed by atoms with Gasteiger partial charge in [-0.3, -0.25) is 0 Å². The summed E-state index contributed by atoms with van der Waals surface area (Å²) in [5.74, 6) is -0.844. The smallest absolute Gasteiger partial charge is 0.230 e. The zero-order chi connectivity index (χ0) is 9.56. The summed E-state index contributed by atoms with van der Waals surface area (Å²) < 4.78 is 12.3. The van der Waals surface area contributed by atoms with Crippen LogP contribution in [-0.4, -0.2) is 18.5 Å². The second-order valence-electron chi connectivity index (χ2n) is 2.02. The molecular formula is C7H9FN4. The Morgan fingerprint density at radius 1 is 1.83 bits per heavy atom. The monoisotopic (exact) mass is 168 g/mol. The van der Waals surface area contributed by atoms with Crippen molar-refractivity contribution in [2.45, 2.75) is 13.0 Å². The molecule has 1 atom stereocenters. The van der Waals surface area contributed by atoms with Crippen LogP contribution in [0.3, 0.4) is 0 Å². The minimum atomic E-state index is -0.844. The van der Waals surface area contributed by atoms with E-state index < -0.39 is 12.0 Å². The number of hydrogen-bond donors (Lipinski definition) is 1. The van der Waals surface area contributed by atoms with E-state index in [1.807, 2.05) is 0 Å². The van der Waals surface area contributed by atoms with Crippen LogP contribution < -0.4 is 5.73 Å². The largest absolute Gasteiger partial charge is 0.322 e. The average molecular weight is 168 g/mol.